The van der Waals surface area contributed by atoms with E-state index in [1.165, 1.54) is 6.08 Å². The second-order valence-corrected chi connectivity index (χ2v) is 1.39. The molecule has 1 nitrogen and oxygen atoms in total. The molecule has 0 aliphatic carbocycles. The number of halogens is 1. The molecule has 0 aliphatic rings. The summed E-state index contributed by atoms with van der Waals surface area (Å²) in [6, 6.07) is 0. The molecule has 0 fully saturated rings. The van der Waals surface area contributed by atoms with Crippen molar-refractivity contribution in [1.29, 1.82) is 0 Å². The number of allylic oxidation sites excluding steroid dienone is 3. The quantitative estimate of drug-likeness (QED) is 0.384. The molecule has 0 saturated heterocycles. The zero-order valence-corrected chi connectivity index (χ0v) is 4.82. The molecule has 0 aromatic heterocycles. The van der Waals surface area contributed by atoms with Crippen molar-refractivity contribution in [3.05, 3.63) is 24.2 Å². The summed E-state index contributed by atoms with van der Waals surface area (Å²) >= 11 is 0. The summed E-state index contributed by atoms with van der Waals surface area (Å²) in [5.74, 6) is -0.491. The molecule has 0 spiro atoms. The lowest BCUT2D eigenvalue weighted by atomic mass is 10.4. The van der Waals surface area contributed by atoms with E-state index in [0.717, 1.165) is 0 Å². The zero-order valence-electron chi connectivity index (χ0n) is 4.82. The van der Waals surface area contributed by atoms with E-state index < -0.39 is 5.83 Å². The van der Waals surface area contributed by atoms with E-state index in [2.05, 4.69) is 18.3 Å². The average molecular weight is 113 g/mol. The molecule has 8 heavy (non-hydrogen) atoms. The van der Waals surface area contributed by atoms with Gasteiger partial charge in [0.25, 0.3) is 0 Å². The lowest BCUT2D eigenvalue weighted by Crippen LogP contribution is -1.66. The first-order chi connectivity index (χ1) is 3.66. The third-order valence-electron chi connectivity index (χ3n) is 0.615. The van der Waals surface area contributed by atoms with Crippen LogP contribution >= 0.6 is 0 Å². The molecular weight excluding hydrogens is 105 g/mol. The van der Waals surface area contributed by atoms with Gasteiger partial charge in [0.05, 0.1) is 0 Å². The summed E-state index contributed by atoms with van der Waals surface area (Å²) in [6.45, 7) is 7.85. The third-order valence-corrected chi connectivity index (χ3v) is 0.615. The summed E-state index contributed by atoms with van der Waals surface area (Å²) in [5, 5.41) is 0. The van der Waals surface area contributed by atoms with Gasteiger partial charge >= 0.3 is 0 Å². The highest BCUT2D eigenvalue weighted by Crippen LogP contribution is 1.99. The molecule has 0 aliphatic heterocycles. The zero-order chi connectivity index (χ0) is 6.57. The van der Waals surface area contributed by atoms with Gasteiger partial charge in [0.15, 0.2) is 0 Å². The van der Waals surface area contributed by atoms with Crippen molar-refractivity contribution in [3.63, 3.8) is 0 Å². The van der Waals surface area contributed by atoms with Crippen molar-refractivity contribution >= 4 is 6.72 Å². The SMILES string of the molecule is C=N/C(C)=C\C(=C)F. The molecule has 0 radical (unpaired) electrons. The minimum absolute atomic E-state index is 0.491. The van der Waals surface area contributed by atoms with Crippen LogP contribution in [0.15, 0.2) is 29.2 Å². The summed E-state index contributed by atoms with van der Waals surface area (Å²) < 4.78 is 11.8. The minimum atomic E-state index is -0.491. The Bertz CT molecular complexity index is 135. The van der Waals surface area contributed by atoms with E-state index in [1.54, 1.807) is 6.92 Å². The van der Waals surface area contributed by atoms with Crippen molar-refractivity contribution in [2.75, 3.05) is 0 Å². The van der Waals surface area contributed by atoms with Gasteiger partial charge in [-0.2, -0.15) is 0 Å². The van der Waals surface area contributed by atoms with Gasteiger partial charge in [0.2, 0.25) is 0 Å². The second-order valence-electron chi connectivity index (χ2n) is 1.39. The van der Waals surface area contributed by atoms with Gasteiger partial charge in [-0.05, 0) is 19.7 Å². The van der Waals surface area contributed by atoms with Crippen LogP contribution in [-0.2, 0) is 0 Å². The number of nitrogens with zero attached hydrogens (tertiary/aromatic N) is 1. The lowest BCUT2D eigenvalue weighted by molar-refractivity contribution is 0.669. The molecule has 0 amide bonds. The molecule has 0 heterocycles. The Morgan fingerprint density at radius 1 is 1.75 bits per heavy atom. The van der Waals surface area contributed by atoms with Crippen LogP contribution in [0.4, 0.5) is 4.39 Å². The van der Waals surface area contributed by atoms with Gasteiger partial charge in [0.1, 0.15) is 5.83 Å². The summed E-state index contributed by atoms with van der Waals surface area (Å²) in [5.41, 5.74) is 0.539. The van der Waals surface area contributed by atoms with Crippen LogP contribution in [0.1, 0.15) is 6.92 Å². The van der Waals surface area contributed by atoms with Crippen LogP contribution in [-0.4, -0.2) is 6.72 Å². The fraction of sp³-hybridized carbons (Fsp3) is 0.167. The summed E-state index contributed by atoms with van der Waals surface area (Å²) in [7, 11) is 0. The Morgan fingerprint density at radius 2 is 2.25 bits per heavy atom. The molecule has 0 atom stereocenters. The van der Waals surface area contributed by atoms with Gasteiger partial charge in [0, 0.05) is 5.70 Å². The first-order valence-electron chi connectivity index (χ1n) is 2.16. The number of aliphatic imine (C=N–C) groups is 1. The third kappa shape index (κ3) is 3.28. The number of hydrogen-bond donors (Lipinski definition) is 0. The molecule has 0 N–H and O–H groups in total. The first kappa shape index (κ1) is 7.08. The molecule has 0 aromatic rings. The van der Waals surface area contributed by atoms with E-state index in [4.69, 9.17) is 0 Å². The van der Waals surface area contributed by atoms with Crippen molar-refractivity contribution in [1.82, 2.24) is 0 Å². The van der Waals surface area contributed by atoms with E-state index in [1.807, 2.05) is 0 Å². The van der Waals surface area contributed by atoms with Gasteiger partial charge in [-0.25, -0.2) is 4.39 Å². The highest BCUT2D eigenvalue weighted by molar-refractivity contribution is 5.29. The van der Waals surface area contributed by atoms with Crippen molar-refractivity contribution in [2.24, 2.45) is 4.99 Å². The van der Waals surface area contributed by atoms with Crippen molar-refractivity contribution < 1.29 is 4.39 Å². The normalized spacial score (nSPS) is 11.0. The smallest absolute Gasteiger partial charge is 0.117 e. The summed E-state index contributed by atoms with van der Waals surface area (Å²) in [6.07, 6.45) is 1.22. The monoisotopic (exact) mass is 113 g/mol. The van der Waals surface area contributed by atoms with Crippen LogP contribution in [0.2, 0.25) is 0 Å². The van der Waals surface area contributed by atoms with Gasteiger partial charge in [-0.15, -0.1) is 0 Å². The average Bonchev–Trinajstić information content (AvgIpc) is 1.65. The second kappa shape index (κ2) is 3.13. The van der Waals surface area contributed by atoms with E-state index in [9.17, 15) is 4.39 Å². The van der Waals surface area contributed by atoms with E-state index in [0.29, 0.717) is 5.70 Å². The van der Waals surface area contributed by atoms with Crippen LogP contribution in [0.5, 0.6) is 0 Å². The topological polar surface area (TPSA) is 12.4 Å². The predicted molar refractivity (Wildman–Crippen MR) is 33.6 cm³/mol. The van der Waals surface area contributed by atoms with Crippen LogP contribution in [0, 0.1) is 0 Å². The fourth-order valence-corrected chi connectivity index (χ4v) is 0.272. The molecule has 0 bridgehead atoms. The largest absolute Gasteiger partial charge is 0.269 e. The first-order valence-corrected chi connectivity index (χ1v) is 2.16. The van der Waals surface area contributed by atoms with E-state index in [-0.39, 0.29) is 0 Å². The van der Waals surface area contributed by atoms with Gasteiger partial charge < -0.3 is 0 Å². The molecule has 44 valence electrons. The fourth-order valence-electron chi connectivity index (χ4n) is 0.272. The lowest BCUT2D eigenvalue weighted by Gasteiger charge is -1.84. The Labute approximate surface area is 48.2 Å². The molecule has 2 heteroatoms. The Kier molecular flexibility index (Phi) is 2.77. The maximum absolute atomic E-state index is 11.8. The van der Waals surface area contributed by atoms with Crippen molar-refractivity contribution in [3.8, 4) is 0 Å². The Morgan fingerprint density at radius 3 is 2.38 bits per heavy atom. The number of hydrogen-bond acceptors (Lipinski definition) is 1. The highest BCUT2D eigenvalue weighted by atomic mass is 19.1. The molecule has 0 saturated carbocycles. The molecule has 0 rings (SSSR count). The van der Waals surface area contributed by atoms with Gasteiger partial charge in [-0.3, -0.25) is 4.99 Å². The van der Waals surface area contributed by atoms with Crippen LogP contribution in [0.3, 0.4) is 0 Å². The minimum Gasteiger partial charge on any atom is -0.269 e. The maximum atomic E-state index is 11.8. The van der Waals surface area contributed by atoms with Crippen molar-refractivity contribution in [2.45, 2.75) is 6.92 Å². The Balaban J connectivity index is 3.94. The maximum Gasteiger partial charge on any atom is 0.117 e. The summed E-state index contributed by atoms with van der Waals surface area (Å²) in [4.78, 5) is 3.44. The molecule has 0 unspecified atom stereocenters. The van der Waals surface area contributed by atoms with Crippen LogP contribution in [0.25, 0.3) is 0 Å². The molecular formula is C6H8FN. The van der Waals surface area contributed by atoms with Gasteiger partial charge in [-0.1, -0.05) is 6.58 Å². The molecule has 0 aromatic carbocycles. The predicted octanol–water partition coefficient (Wildman–Crippen LogP) is 2.07. The highest BCUT2D eigenvalue weighted by Gasteiger charge is 1.81. The Hall–Kier alpha value is -0.920. The number of rotatable bonds is 2. The standard InChI is InChI=1S/C6H8FN/c1-5(7)4-6(2)8-3/h4H,1,3H2,2H3/b6-4-. The van der Waals surface area contributed by atoms with E-state index >= 15 is 0 Å². The van der Waals surface area contributed by atoms with Crippen LogP contribution < -0.4 is 0 Å².